The summed E-state index contributed by atoms with van der Waals surface area (Å²) < 4.78 is 5.83. The Morgan fingerprint density at radius 1 is 1.33 bits per heavy atom. The first-order valence-electron chi connectivity index (χ1n) is 9.13. The predicted octanol–water partition coefficient (Wildman–Crippen LogP) is 3.09. The van der Waals surface area contributed by atoms with Gasteiger partial charge < -0.3 is 15.0 Å². The van der Waals surface area contributed by atoms with Crippen LogP contribution in [0.15, 0.2) is 29.8 Å². The van der Waals surface area contributed by atoms with E-state index in [2.05, 4.69) is 24.4 Å². The second kappa shape index (κ2) is 7.84. The topological polar surface area (TPSA) is 41.6 Å². The van der Waals surface area contributed by atoms with E-state index in [1.165, 1.54) is 5.57 Å². The van der Waals surface area contributed by atoms with E-state index >= 15 is 0 Å². The molecule has 0 saturated carbocycles. The fraction of sp³-hybridized carbons (Fsp3) is 0.550. The number of carbonyl (C=O) groups is 1. The van der Waals surface area contributed by atoms with Gasteiger partial charge in [-0.15, -0.1) is 0 Å². The van der Waals surface area contributed by atoms with Crippen LogP contribution in [-0.2, 0) is 4.79 Å². The van der Waals surface area contributed by atoms with E-state index in [0.717, 1.165) is 43.8 Å². The molecule has 2 aliphatic rings. The number of amides is 1. The maximum Gasteiger partial charge on any atom is 0.222 e. The highest BCUT2D eigenvalue weighted by molar-refractivity contribution is 5.75. The van der Waals surface area contributed by atoms with E-state index in [1.807, 2.05) is 30.0 Å². The molecule has 1 aromatic carbocycles. The molecule has 0 bridgehead atoms. The number of nitrogens with one attached hydrogen (secondary N) is 1. The normalized spacial score (nSPS) is 23.2. The molecule has 0 spiro atoms. The lowest BCUT2D eigenvalue weighted by Gasteiger charge is -2.39. The molecule has 4 nitrogen and oxygen atoms in total. The number of carbonyl (C=O) groups excluding carboxylic acids is 1. The number of likely N-dealkylation sites (tertiary alicyclic amines) is 1. The number of benzene rings is 1. The van der Waals surface area contributed by atoms with Crippen molar-refractivity contribution in [2.75, 3.05) is 26.2 Å². The summed E-state index contributed by atoms with van der Waals surface area (Å²) >= 11 is 0. The fourth-order valence-corrected chi connectivity index (χ4v) is 3.69. The van der Waals surface area contributed by atoms with Gasteiger partial charge >= 0.3 is 0 Å². The van der Waals surface area contributed by atoms with Crippen molar-refractivity contribution >= 4 is 12.0 Å². The number of rotatable bonds is 5. The first kappa shape index (κ1) is 17.0. The molecule has 2 atom stereocenters. The summed E-state index contributed by atoms with van der Waals surface area (Å²) in [6.07, 6.45) is 4.99. The number of piperidine rings is 1. The van der Waals surface area contributed by atoms with E-state index in [0.29, 0.717) is 25.0 Å². The molecule has 1 N–H and O–H groups in total. The van der Waals surface area contributed by atoms with Gasteiger partial charge in [0.25, 0.3) is 0 Å². The van der Waals surface area contributed by atoms with Gasteiger partial charge in [-0.25, -0.2) is 0 Å². The highest BCUT2D eigenvalue weighted by atomic mass is 16.5. The maximum atomic E-state index is 11.9. The summed E-state index contributed by atoms with van der Waals surface area (Å²) in [5.74, 6) is 1.79. The standard InChI is InChI=1S/C20H28N2O2/c1-3-16-13-22(20(23)4-2)10-9-18(16)21-12-15-11-17-7-5-6-8-19(17)24-14-15/h5-8,11,16,18,21H,3-4,9-10,12-14H2,1-2H3/t16-,18+/m0/s1. The van der Waals surface area contributed by atoms with Crippen LogP contribution in [0.4, 0.5) is 0 Å². The Morgan fingerprint density at radius 3 is 2.96 bits per heavy atom. The highest BCUT2D eigenvalue weighted by Gasteiger charge is 2.29. The van der Waals surface area contributed by atoms with Gasteiger partial charge in [-0.3, -0.25) is 4.79 Å². The Hall–Kier alpha value is -1.81. The minimum atomic E-state index is 0.284. The van der Waals surface area contributed by atoms with Crippen molar-refractivity contribution < 1.29 is 9.53 Å². The lowest BCUT2D eigenvalue weighted by Crippen LogP contribution is -2.51. The van der Waals surface area contributed by atoms with E-state index in [4.69, 9.17) is 4.74 Å². The number of ether oxygens (including phenoxy) is 1. The van der Waals surface area contributed by atoms with Crippen LogP contribution in [0, 0.1) is 5.92 Å². The molecule has 0 unspecified atom stereocenters. The molecule has 2 heterocycles. The van der Waals surface area contributed by atoms with Gasteiger partial charge in [0.1, 0.15) is 12.4 Å². The van der Waals surface area contributed by atoms with Crippen molar-refractivity contribution in [1.82, 2.24) is 10.2 Å². The van der Waals surface area contributed by atoms with Crippen LogP contribution >= 0.6 is 0 Å². The Balaban J connectivity index is 1.57. The van der Waals surface area contributed by atoms with Gasteiger partial charge in [0.05, 0.1) is 0 Å². The predicted molar refractivity (Wildman–Crippen MR) is 97.0 cm³/mol. The molecule has 0 aromatic heterocycles. The zero-order valence-corrected chi connectivity index (χ0v) is 14.8. The smallest absolute Gasteiger partial charge is 0.222 e. The molecule has 0 aliphatic carbocycles. The lowest BCUT2D eigenvalue weighted by atomic mass is 9.89. The highest BCUT2D eigenvalue weighted by Crippen LogP contribution is 2.26. The van der Waals surface area contributed by atoms with Crippen molar-refractivity contribution in [2.45, 2.75) is 39.2 Å². The summed E-state index contributed by atoms with van der Waals surface area (Å²) in [6.45, 7) is 7.45. The molecule has 1 amide bonds. The zero-order valence-electron chi connectivity index (χ0n) is 14.8. The van der Waals surface area contributed by atoms with E-state index in [-0.39, 0.29) is 5.91 Å². The summed E-state index contributed by atoms with van der Waals surface area (Å²) in [7, 11) is 0. The zero-order chi connectivity index (χ0) is 16.9. The van der Waals surface area contributed by atoms with E-state index in [1.54, 1.807) is 0 Å². The van der Waals surface area contributed by atoms with Gasteiger partial charge in [-0.2, -0.15) is 0 Å². The number of fused-ring (bicyclic) bond motifs is 1. The van der Waals surface area contributed by atoms with Gasteiger partial charge in [-0.05, 0) is 30.1 Å². The molecule has 1 fully saturated rings. The molecule has 4 heteroatoms. The molecule has 2 aliphatic heterocycles. The van der Waals surface area contributed by atoms with Crippen LogP contribution < -0.4 is 10.1 Å². The van der Waals surface area contributed by atoms with Crippen molar-refractivity contribution in [2.24, 2.45) is 5.92 Å². The molecule has 0 radical (unpaired) electrons. The Bertz CT molecular complexity index is 611. The van der Waals surface area contributed by atoms with E-state index in [9.17, 15) is 4.79 Å². The average Bonchev–Trinajstić information content (AvgIpc) is 2.65. The first-order chi connectivity index (χ1) is 11.7. The fourth-order valence-electron chi connectivity index (χ4n) is 3.69. The third kappa shape index (κ3) is 3.81. The summed E-state index contributed by atoms with van der Waals surface area (Å²) in [6, 6.07) is 8.64. The van der Waals surface area contributed by atoms with Crippen LogP contribution in [0.5, 0.6) is 5.75 Å². The van der Waals surface area contributed by atoms with Crippen molar-refractivity contribution in [3.8, 4) is 5.75 Å². The lowest BCUT2D eigenvalue weighted by molar-refractivity contribution is -0.133. The van der Waals surface area contributed by atoms with Crippen LogP contribution in [0.25, 0.3) is 6.08 Å². The molecular formula is C20H28N2O2. The quantitative estimate of drug-likeness (QED) is 0.903. The van der Waals surface area contributed by atoms with Gasteiger partial charge in [0.2, 0.25) is 5.91 Å². The molecule has 1 aromatic rings. The van der Waals surface area contributed by atoms with Crippen LogP contribution in [0.3, 0.4) is 0 Å². The molecule has 24 heavy (non-hydrogen) atoms. The van der Waals surface area contributed by atoms with Crippen molar-refractivity contribution in [1.29, 1.82) is 0 Å². The Morgan fingerprint density at radius 2 is 2.17 bits per heavy atom. The maximum absolute atomic E-state index is 11.9. The van der Waals surface area contributed by atoms with Gasteiger partial charge in [-0.1, -0.05) is 38.5 Å². The number of nitrogens with zero attached hydrogens (tertiary/aromatic N) is 1. The number of para-hydroxylation sites is 1. The van der Waals surface area contributed by atoms with Crippen LogP contribution in [-0.4, -0.2) is 43.1 Å². The van der Waals surface area contributed by atoms with E-state index < -0.39 is 0 Å². The monoisotopic (exact) mass is 328 g/mol. The third-order valence-corrected chi connectivity index (χ3v) is 5.20. The minimum absolute atomic E-state index is 0.284. The Labute approximate surface area is 144 Å². The minimum Gasteiger partial charge on any atom is -0.489 e. The molecule has 1 saturated heterocycles. The number of hydrogen-bond donors (Lipinski definition) is 1. The van der Waals surface area contributed by atoms with Crippen molar-refractivity contribution in [3.05, 3.63) is 35.4 Å². The second-order valence-corrected chi connectivity index (χ2v) is 6.77. The Kier molecular flexibility index (Phi) is 5.56. The van der Waals surface area contributed by atoms with Crippen LogP contribution in [0.2, 0.25) is 0 Å². The molecule has 130 valence electrons. The largest absolute Gasteiger partial charge is 0.489 e. The summed E-state index contributed by atoms with van der Waals surface area (Å²) in [4.78, 5) is 14.0. The summed E-state index contributed by atoms with van der Waals surface area (Å²) in [5.41, 5.74) is 2.45. The van der Waals surface area contributed by atoms with Crippen molar-refractivity contribution in [3.63, 3.8) is 0 Å². The molecule has 3 rings (SSSR count). The first-order valence-corrected chi connectivity index (χ1v) is 9.13. The third-order valence-electron chi connectivity index (χ3n) is 5.20. The molecular weight excluding hydrogens is 300 g/mol. The van der Waals surface area contributed by atoms with Gasteiger partial charge in [0, 0.05) is 37.7 Å². The summed E-state index contributed by atoms with van der Waals surface area (Å²) in [5, 5.41) is 3.71. The number of hydrogen-bond acceptors (Lipinski definition) is 3. The van der Waals surface area contributed by atoms with Gasteiger partial charge in [0.15, 0.2) is 0 Å². The van der Waals surface area contributed by atoms with Crippen LogP contribution in [0.1, 0.15) is 38.7 Å². The average molecular weight is 328 g/mol. The SMILES string of the molecule is CCC(=O)N1CC[C@@H](NCC2=Cc3ccccc3OC2)[C@@H](CC)C1. The second-order valence-electron chi connectivity index (χ2n) is 6.77.